The van der Waals surface area contributed by atoms with Crippen molar-refractivity contribution in [2.75, 3.05) is 24.4 Å². The van der Waals surface area contributed by atoms with Crippen LogP contribution in [0.25, 0.3) is 5.57 Å². The summed E-state index contributed by atoms with van der Waals surface area (Å²) < 4.78 is 10.7. The molecule has 0 radical (unpaired) electrons. The summed E-state index contributed by atoms with van der Waals surface area (Å²) in [5.74, 6) is 0.176. The summed E-state index contributed by atoms with van der Waals surface area (Å²) in [5, 5.41) is 3.60. The van der Waals surface area contributed by atoms with Crippen LogP contribution in [0.15, 0.2) is 72.4 Å². The maximum Gasteiger partial charge on any atom is 0.282 e. The highest BCUT2D eigenvalue weighted by molar-refractivity contribution is 6.46. The van der Waals surface area contributed by atoms with Gasteiger partial charge in [-0.1, -0.05) is 48.0 Å². The number of amides is 2. The number of hydrogen-bond donors (Lipinski definition) is 1. The summed E-state index contributed by atoms with van der Waals surface area (Å²) in [5.41, 5.74) is 2.67. The number of benzene rings is 3. The van der Waals surface area contributed by atoms with E-state index in [9.17, 15) is 9.59 Å². The lowest BCUT2D eigenvalue weighted by atomic mass is 10.0. The third-order valence-corrected chi connectivity index (χ3v) is 5.70. The topological polar surface area (TPSA) is 67.9 Å². The standard InChI is InChI=1S/C25H21ClN2O4/c1-15-18(26)10-7-11-20(15)28-24(29)22(16-8-5-4-6-9-16)23(25(28)30)27-19-13-12-17(31-2)14-21(19)32-3/h4-14,27H,1-3H3. The number of hydrogen-bond acceptors (Lipinski definition) is 5. The lowest BCUT2D eigenvalue weighted by Crippen LogP contribution is -2.33. The van der Waals surface area contributed by atoms with Crippen LogP contribution in [-0.2, 0) is 9.59 Å². The average molecular weight is 449 g/mol. The van der Waals surface area contributed by atoms with E-state index in [-0.39, 0.29) is 11.3 Å². The largest absolute Gasteiger partial charge is 0.497 e. The third kappa shape index (κ3) is 3.69. The Balaban J connectivity index is 1.85. The van der Waals surface area contributed by atoms with Crippen molar-refractivity contribution in [3.05, 3.63) is 88.6 Å². The van der Waals surface area contributed by atoms with Gasteiger partial charge in [0.2, 0.25) is 0 Å². The van der Waals surface area contributed by atoms with E-state index in [0.717, 1.165) is 4.90 Å². The van der Waals surface area contributed by atoms with Gasteiger partial charge in [0.15, 0.2) is 0 Å². The second kappa shape index (κ2) is 8.77. The van der Waals surface area contributed by atoms with Gasteiger partial charge >= 0.3 is 0 Å². The minimum atomic E-state index is -0.475. The van der Waals surface area contributed by atoms with Crippen molar-refractivity contribution in [2.45, 2.75) is 6.92 Å². The highest BCUT2D eigenvalue weighted by Gasteiger charge is 2.41. The Hall–Kier alpha value is -3.77. The summed E-state index contributed by atoms with van der Waals surface area (Å²) in [4.78, 5) is 28.3. The SMILES string of the molecule is COc1ccc(NC2=C(c3ccccc3)C(=O)N(c3cccc(Cl)c3C)C2=O)c(OC)c1. The molecule has 0 unspecified atom stereocenters. The van der Waals surface area contributed by atoms with E-state index in [1.807, 2.05) is 18.2 Å². The Bertz CT molecular complexity index is 1240. The van der Waals surface area contributed by atoms with E-state index in [1.165, 1.54) is 7.11 Å². The molecular formula is C25H21ClN2O4. The number of imide groups is 1. The molecule has 1 N–H and O–H groups in total. The molecule has 0 bridgehead atoms. The Morgan fingerprint density at radius 1 is 0.875 bits per heavy atom. The molecule has 1 aliphatic heterocycles. The lowest BCUT2D eigenvalue weighted by molar-refractivity contribution is -0.120. The summed E-state index contributed by atoms with van der Waals surface area (Å²) in [6.07, 6.45) is 0. The van der Waals surface area contributed by atoms with Crippen molar-refractivity contribution in [3.8, 4) is 11.5 Å². The van der Waals surface area contributed by atoms with Gasteiger partial charge in [-0.25, -0.2) is 4.90 Å². The van der Waals surface area contributed by atoms with Gasteiger partial charge < -0.3 is 14.8 Å². The quantitative estimate of drug-likeness (QED) is 0.534. The van der Waals surface area contributed by atoms with Crippen molar-refractivity contribution in [3.63, 3.8) is 0 Å². The first-order valence-electron chi connectivity index (χ1n) is 9.89. The van der Waals surface area contributed by atoms with E-state index in [4.69, 9.17) is 21.1 Å². The lowest BCUT2D eigenvalue weighted by Gasteiger charge is -2.18. The van der Waals surface area contributed by atoms with Crippen LogP contribution in [0.3, 0.4) is 0 Å². The fourth-order valence-corrected chi connectivity index (χ4v) is 3.78. The normalized spacial score (nSPS) is 13.6. The maximum atomic E-state index is 13.6. The van der Waals surface area contributed by atoms with Gasteiger partial charge in [0.1, 0.15) is 17.2 Å². The molecule has 1 heterocycles. The Morgan fingerprint density at radius 3 is 2.31 bits per heavy atom. The van der Waals surface area contributed by atoms with Gasteiger partial charge in [-0.2, -0.15) is 0 Å². The molecule has 4 rings (SSSR count). The van der Waals surface area contributed by atoms with E-state index >= 15 is 0 Å². The van der Waals surface area contributed by atoms with Gasteiger partial charge in [0.25, 0.3) is 11.8 Å². The zero-order valence-electron chi connectivity index (χ0n) is 17.8. The average Bonchev–Trinajstić information content (AvgIpc) is 3.05. The minimum absolute atomic E-state index is 0.157. The van der Waals surface area contributed by atoms with Crippen molar-refractivity contribution >= 4 is 40.4 Å². The molecule has 3 aromatic rings. The number of carbonyl (C=O) groups excluding carboxylic acids is 2. The number of rotatable bonds is 6. The van der Waals surface area contributed by atoms with E-state index in [2.05, 4.69) is 5.32 Å². The van der Waals surface area contributed by atoms with Crippen molar-refractivity contribution in [2.24, 2.45) is 0 Å². The van der Waals surface area contributed by atoms with Gasteiger partial charge in [0, 0.05) is 11.1 Å². The maximum absolute atomic E-state index is 13.6. The van der Waals surface area contributed by atoms with E-state index in [1.54, 1.807) is 62.6 Å². The highest BCUT2D eigenvalue weighted by Crippen LogP contribution is 2.38. The first-order valence-corrected chi connectivity index (χ1v) is 10.3. The molecule has 0 aliphatic carbocycles. The summed E-state index contributed by atoms with van der Waals surface area (Å²) >= 11 is 6.27. The van der Waals surface area contributed by atoms with Crippen molar-refractivity contribution in [1.29, 1.82) is 0 Å². The zero-order chi connectivity index (χ0) is 22.8. The number of ether oxygens (including phenoxy) is 2. The predicted molar refractivity (Wildman–Crippen MR) is 125 cm³/mol. The van der Waals surface area contributed by atoms with E-state index in [0.29, 0.717) is 39.0 Å². The Morgan fingerprint density at radius 2 is 1.62 bits per heavy atom. The monoisotopic (exact) mass is 448 g/mol. The minimum Gasteiger partial charge on any atom is -0.497 e. The fourth-order valence-electron chi connectivity index (χ4n) is 3.61. The molecule has 0 spiro atoms. The number of nitrogens with one attached hydrogen (secondary N) is 1. The molecular weight excluding hydrogens is 428 g/mol. The zero-order valence-corrected chi connectivity index (χ0v) is 18.6. The molecule has 6 nitrogen and oxygen atoms in total. The number of carbonyl (C=O) groups is 2. The van der Waals surface area contributed by atoms with Gasteiger partial charge in [-0.05, 0) is 42.3 Å². The second-order valence-electron chi connectivity index (χ2n) is 7.14. The molecule has 162 valence electrons. The Kier molecular flexibility index (Phi) is 5.88. The highest BCUT2D eigenvalue weighted by atomic mass is 35.5. The molecule has 7 heteroatoms. The van der Waals surface area contributed by atoms with Crippen molar-refractivity contribution in [1.82, 2.24) is 0 Å². The molecule has 0 saturated heterocycles. The van der Waals surface area contributed by atoms with Gasteiger partial charge in [-0.3, -0.25) is 9.59 Å². The van der Waals surface area contributed by atoms with E-state index < -0.39 is 11.8 Å². The predicted octanol–water partition coefficient (Wildman–Crippen LogP) is 5.06. The summed E-state index contributed by atoms with van der Waals surface area (Å²) in [6, 6.07) is 19.4. The van der Waals surface area contributed by atoms with Crippen molar-refractivity contribution < 1.29 is 19.1 Å². The number of nitrogens with zero attached hydrogens (tertiary/aromatic N) is 1. The number of anilines is 2. The van der Waals surface area contributed by atoms with Crippen LogP contribution in [0, 0.1) is 6.92 Å². The number of methoxy groups -OCH3 is 2. The first-order chi connectivity index (χ1) is 15.5. The molecule has 3 aromatic carbocycles. The van der Waals surface area contributed by atoms with Gasteiger partial charge in [0.05, 0.1) is 31.2 Å². The number of halogens is 1. The molecule has 0 fully saturated rings. The molecule has 2 amide bonds. The van der Waals surface area contributed by atoms with Crippen LogP contribution in [0.4, 0.5) is 11.4 Å². The van der Waals surface area contributed by atoms with Crippen LogP contribution in [0.2, 0.25) is 5.02 Å². The molecule has 1 aliphatic rings. The van der Waals surface area contributed by atoms with Crippen LogP contribution >= 0.6 is 11.6 Å². The Labute approximate surface area is 191 Å². The molecule has 32 heavy (non-hydrogen) atoms. The molecule has 0 aromatic heterocycles. The van der Waals surface area contributed by atoms with Crippen LogP contribution < -0.4 is 19.7 Å². The first kappa shape index (κ1) is 21.5. The van der Waals surface area contributed by atoms with Crippen LogP contribution in [-0.4, -0.2) is 26.0 Å². The molecule has 0 atom stereocenters. The third-order valence-electron chi connectivity index (χ3n) is 5.29. The smallest absolute Gasteiger partial charge is 0.282 e. The second-order valence-corrected chi connectivity index (χ2v) is 7.54. The molecule has 0 saturated carbocycles. The van der Waals surface area contributed by atoms with Crippen LogP contribution in [0.1, 0.15) is 11.1 Å². The summed E-state index contributed by atoms with van der Waals surface area (Å²) in [7, 11) is 3.08. The van der Waals surface area contributed by atoms with Crippen LogP contribution in [0.5, 0.6) is 11.5 Å². The summed E-state index contributed by atoms with van der Waals surface area (Å²) in [6.45, 7) is 1.78. The fraction of sp³-hybridized carbons (Fsp3) is 0.120. The van der Waals surface area contributed by atoms with Gasteiger partial charge in [-0.15, -0.1) is 0 Å².